The monoisotopic (exact) mass is 328 g/mol. The molecule has 0 amide bonds. The SMILES string of the molecule is c1coc(CN2CCC[C@@]3(COCCN(c4cnccn4)C3)C2)c1. The van der Waals surface area contributed by atoms with Gasteiger partial charge >= 0.3 is 0 Å². The molecule has 2 fully saturated rings. The van der Waals surface area contributed by atoms with Crippen molar-refractivity contribution in [2.75, 3.05) is 44.3 Å². The van der Waals surface area contributed by atoms with E-state index in [4.69, 9.17) is 9.15 Å². The van der Waals surface area contributed by atoms with Crippen LogP contribution in [0.25, 0.3) is 0 Å². The maximum Gasteiger partial charge on any atom is 0.147 e. The van der Waals surface area contributed by atoms with Crippen molar-refractivity contribution in [1.29, 1.82) is 0 Å². The van der Waals surface area contributed by atoms with Crippen molar-refractivity contribution in [3.05, 3.63) is 42.7 Å². The van der Waals surface area contributed by atoms with Crippen molar-refractivity contribution in [3.8, 4) is 0 Å². The molecule has 4 rings (SSSR count). The summed E-state index contributed by atoms with van der Waals surface area (Å²) in [5, 5.41) is 0. The Morgan fingerprint density at radius 2 is 2.21 bits per heavy atom. The molecule has 2 aliphatic rings. The maximum absolute atomic E-state index is 5.98. The van der Waals surface area contributed by atoms with Crippen molar-refractivity contribution in [3.63, 3.8) is 0 Å². The topological polar surface area (TPSA) is 54.6 Å². The molecule has 24 heavy (non-hydrogen) atoms. The lowest BCUT2D eigenvalue weighted by Gasteiger charge is -2.43. The van der Waals surface area contributed by atoms with Gasteiger partial charge in [-0.1, -0.05) is 0 Å². The molecule has 0 bridgehead atoms. The maximum atomic E-state index is 5.98. The number of hydrogen-bond acceptors (Lipinski definition) is 6. The molecule has 1 atom stereocenters. The van der Waals surface area contributed by atoms with Crippen LogP contribution >= 0.6 is 0 Å². The number of furan rings is 1. The van der Waals surface area contributed by atoms with E-state index in [9.17, 15) is 0 Å². The van der Waals surface area contributed by atoms with E-state index in [0.717, 1.165) is 57.5 Å². The Morgan fingerprint density at radius 1 is 1.21 bits per heavy atom. The molecule has 0 radical (unpaired) electrons. The van der Waals surface area contributed by atoms with Crippen LogP contribution in [0.2, 0.25) is 0 Å². The average Bonchev–Trinajstić information content (AvgIpc) is 3.03. The standard InChI is InChI=1S/C18H24N4O2/c1-3-16(24-9-1)12-21-7-2-4-18(13-21)14-22(8-10-23-15-18)17-11-19-5-6-20-17/h1,3,5-6,9,11H,2,4,7-8,10,12-15H2/t18-/m1/s1. The first-order chi connectivity index (χ1) is 11.8. The van der Waals surface area contributed by atoms with Gasteiger partial charge in [-0.3, -0.25) is 9.88 Å². The van der Waals surface area contributed by atoms with Gasteiger partial charge in [0.25, 0.3) is 0 Å². The van der Waals surface area contributed by atoms with Gasteiger partial charge < -0.3 is 14.1 Å². The van der Waals surface area contributed by atoms with Gasteiger partial charge in [-0.2, -0.15) is 0 Å². The lowest BCUT2D eigenvalue weighted by atomic mass is 9.80. The van der Waals surface area contributed by atoms with Crippen molar-refractivity contribution in [1.82, 2.24) is 14.9 Å². The molecule has 1 spiro atoms. The molecule has 6 heteroatoms. The van der Waals surface area contributed by atoms with Gasteiger partial charge in [-0.25, -0.2) is 4.98 Å². The highest BCUT2D eigenvalue weighted by Crippen LogP contribution is 2.34. The summed E-state index contributed by atoms with van der Waals surface area (Å²) in [6.07, 6.45) is 9.47. The van der Waals surface area contributed by atoms with Crippen LogP contribution in [0.5, 0.6) is 0 Å². The Bertz CT molecular complexity index is 634. The highest BCUT2D eigenvalue weighted by atomic mass is 16.5. The second-order valence-corrected chi connectivity index (χ2v) is 6.93. The van der Waals surface area contributed by atoms with E-state index >= 15 is 0 Å². The molecular weight excluding hydrogens is 304 g/mol. The number of rotatable bonds is 3. The summed E-state index contributed by atoms with van der Waals surface area (Å²) in [5.74, 6) is 1.98. The molecule has 4 heterocycles. The summed E-state index contributed by atoms with van der Waals surface area (Å²) in [5.41, 5.74) is 0.152. The van der Waals surface area contributed by atoms with Crippen LogP contribution in [-0.2, 0) is 11.3 Å². The van der Waals surface area contributed by atoms with E-state index in [-0.39, 0.29) is 5.41 Å². The molecular formula is C18H24N4O2. The molecule has 2 aliphatic heterocycles. The highest BCUT2D eigenvalue weighted by molar-refractivity contribution is 5.36. The van der Waals surface area contributed by atoms with Crippen LogP contribution in [0.1, 0.15) is 18.6 Å². The third kappa shape index (κ3) is 3.44. The zero-order valence-electron chi connectivity index (χ0n) is 13.9. The first-order valence-corrected chi connectivity index (χ1v) is 8.67. The number of aromatic nitrogens is 2. The summed E-state index contributed by atoms with van der Waals surface area (Å²) >= 11 is 0. The van der Waals surface area contributed by atoms with Gasteiger partial charge in [-0.15, -0.1) is 0 Å². The largest absolute Gasteiger partial charge is 0.468 e. The number of nitrogens with zero attached hydrogens (tertiary/aromatic N) is 4. The quantitative estimate of drug-likeness (QED) is 0.861. The van der Waals surface area contributed by atoms with Crippen molar-refractivity contribution >= 4 is 5.82 Å². The number of hydrogen-bond donors (Lipinski definition) is 0. The summed E-state index contributed by atoms with van der Waals surface area (Å²) in [6.45, 7) is 6.44. The minimum absolute atomic E-state index is 0.152. The first-order valence-electron chi connectivity index (χ1n) is 8.67. The first kappa shape index (κ1) is 15.6. The van der Waals surface area contributed by atoms with Gasteiger partial charge in [0.1, 0.15) is 11.6 Å². The van der Waals surface area contributed by atoms with E-state index < -0.39 is 0 Å². The Labute approximate surface area is 142 Å². The Hall–Kier alpha value is -1.92. The number of likely N-dealkylation sites (tertiary alicyclic amines) is 1. The molecule has 128 valence electrons. The van der Waals surface area contributed by atoms with E-state index in [2.05, 4.69) is 25.8 Å². The Balaban J connectivity index is 1.49. The van der Waals surface area contributed by atoms with Crippen molar-refractivity contribution < 1.29 is 9.15 Å². The minimum Gasteiger partial charge on any atom is -0.468 e. The number of piperidine rings is 1. The molecule has 0 N–H and O–H groups in total. The normalized spacial score (nSPS) is 25.8. The van der Waals surface area contributed by atoms with Gasteiger partial charge in [0, 0.05) is 37.4 Å². The van der Waals surface area contributed by atoms with Crippen LogP contribution in [-0.4, -0.2) is 54.3 Å². The van der Waals surface area contributed by atoms with E-state index in [1.807, 2.05) is 12.3 Å². The third-order valence-corrected chi connectivity index (χ3v) is 5.01. The molecule has 6 nitrogen and oxygen atoms in total. The Kier molecular flexibility index (Phi) is 4.49. The van der Waals surface area contributed by atoms with Crippen molar-refractivity contribution in [2.24, 2.45) is 5.41 Å². The summed E-state index contributed by atoms with van der Waals surface area (Å²) < 4.78 is 11.5. The summed E-state index contributed by atoms with van der Waals surface area (Å²) in [4.78, 5) is 13.5. The molecule has 0 saturated carbocycles. The van der Waals surface area contributed by atoms with Crippen LogP contribution in [0, 0.1) is 5.41 Å². The van der Waals surface area contributed by atoms with Crippen LogP contribution in [0.15, 0.2) is 41.4 Å². The van der Waals surface area contributed by atoms with Gasteiger partial charge in [0.2, 0.25) is 0 Å². The Morgan fingerprint density at radius 3 is 3.04 bits per heavy atom. The fraction of sp³-hybridized carbons (Fsp3) is 0.556. The molecule has 0 aliphatic carbocycles. The predicted octanol–water partition coefficient (Wildman–Crippen LogP) is 2.19. The molecule has 2 aromatic heterocycles. The molecule has 2 aromatic rings. The smallest absolute Gasteiger partial charge is 0.147 e. The van der Waals surface area contributed by atoms with Crippen LogP contribution in [0.3, 0.4) is 0 Å². The fourth-order valence-electron chi connectivity index (χ4n) is 3.96. The van der Waals surface area contributed by atoms with E-state index in [0.29, 0.717) is 0 Å². The lowest BCUT2D eigenvalue weighted by Crippen LogP contribution is -2.50. The second kappa shape index (κ2) is 6.91. The minimum atomic E-state index is 0.152. The molecule has 0 aromatic carbocycles. The zero-order chi connectivity index (χ0) is 16.2. The van der Waals surface area contributed by atoms with Crippen LogP contribution < -0.4 is 4.90 Å². The zero-order valence-corrected chi connectivity index (χ0v) is 13.9. The third-order valence-electron chi connectivity index (χ3n) is 5.01. The van der Waals surface area contributed by atoms with Crippen LogP contribution in [0.4, 0.5) is 5.82 Å². The predicted molar refractivity (Wildman–Crippen MR) is 90.7 cm³/mol. The lowest BCUT2D eigenvalue weighted by molar-refractivity contribution is 0.00879. The van der Waals surface area contributed by atoms with Gasteiger partial charge in [0.05, 0.1) is 32.2 Å². The fourth-order valence-corrected chi connectivity index (χ4v) is 3.96. The van der Waals surface area contributed by atoms with Gasteiger partial charge in [-0.05, 0) is 31.5 Å². The number of ether oxygens (including phenoxy) is 1. The van der Waals surface area contributed by atoms with Crippen molar-refractivity contribution in [2.45, 2.75) is 19.4 Å². The highest BCUT2D eigenvalue weighted by Gasteiger charge is 2.39. The average molecular weight is 328 g/mol. The van der Waals surface area contributed by atoms with Gasteiger partial charge in [0.15, 0.2) is 0 Å². The second-order valence-electron chi connectivity index (χ2n) is 6.93. The van der Waals surface area contributed by atoms with E-state index in [1.165, 1.54) is 12.8 Å². The molecule has 0 unspecified atom stereocenters. The number of anilines is 1. The summed E-state index contributed by atoms with van der Waals surface area (Å²) in [7, 11) is 0. The van der Waals surface area contributed by atoms with E-state index in [1.54, 1.807) is 18.7 Å². The molecule has 2 saturated heterocycles. The summed E-state index contributed by atoms with van der Waals surface area (Å²) in [6, 6.07) is 4.01.